The smallest absolute Gasteiger partial charge is 0.0791 e. The summed E-state index contributed by atoms with van der Waals surface area (Å²) >= 11 is 0. The van der Waals surface area contributed by atoms with Crippen molar-refractivity contribution in [2.24, 2.45) is 0 Å². The molecule has 0 aliphatic heterocycles. The van der Waals surface area contributed by atoms with Crippen LogP contribution < -0.4 is 0 Å². The van der Waals surface area contributed by atoms with Crippen molar-refractivity contribution in [3.8, 4) is 0 Å². The molecule has 0 spiro atoms. The van der Waals surface area contributed by atoms with Gasteiger partial charge in [0.25, 0.3) is 0 Å². The van der Waals surface area contributed by atoms with Gasteiger partial charge in [-0.1, -0.05) is 76.2 Å². The highest BCUT2D eigenvalue weighted by Crippen LogP contribution is 2.09. The van der Waals surface area contributed by atoms with E-state index >= 15 is 0 Å². The molecule has 0 bridgehead atoms. The van der Waals surface area contributed by atoms with Crippen molar-refractivity contribution < 1.29 is 5.11 Å². The van der Waals surface area contributed by atoms with E-state index in [2.05, 4.69) is 13.0 Å². The van der Waals surface area contributed by atoms with E-state index < -0.39 is 0 Å². The average molecular weight is 236 g/mol. The fourth-order valence-electron chi connectivity index (χ4n) is 1.75. The second-order valence-corrected chi connectivity index (χ2v) is 4.42. The van der Waals surface area contributed by atoms with Crippen molar-refractivity contribution in [3.63, 3.8) is 0 Å². The van der Waals surface area contributed by atoms with Crippen LogP contribution in [0.4, 0.5) is 0 Å². The molecule has 1 N–H and O–H groups in total. The van der Waals surface area contributed by atoms with Gasteiger partial charge < -0.3 is 5.11 Å². The van der Waals surface area contributed by atoms with Crippen LogP contribution in [0.25, 0.3) is 0 Å². The predicted molar refractivity (Wildman–Crippen MR) is 77.3 cm³/mol. The number of aliphatic hydroxyl groups excluding tert-OH is 1. The Morgan fingerprint density at radius 2 is 1.29 bits per heavy atom. The van der Waals surface area contributed by atoms with Gasteiger partial charge in [0, 0.05) is 0 Å². The zero-order valence-electron chi connectivity index (χ0n) is 11.3. The zero-order valence-corrected chi connectivity index (χ0v) is 11.3. The number of rotatable bonds is 11. The van der Waals surface area contributed by atoms with Crippen LogP contribution in [0, 0.1) is 0 Å². The number of hydrogen-bond donors (Lipinski definition) is 1. The number of unbranched alkanes of at least 4 members (excludes halogenated alkanes) is 8. The van der Waals surface area contributed by atoms with Crippen LogP contribution in [0.15, 0.2) is 36.6 Å². The van der Waals surface area contributed by atoms with E-state index in [-0.39, 0.29) is 0 Å². The molecular formula is C16H28O. The molecule has 0 radical (unpaired) electrons. The molecule has 0 rings (SSSR count). The summed E-state index contributed by atoms with van der Waals surface area (Å²) in [5.41, 5.74) is 0. The summed E-state index contributed by atoms with van der Waals surface area (Å²) in [4.78, 5) is 0. The quantitative estimate of drug-likeness (QED) is 0.277. The lowest BCUT2D eigenvalue weighted by Crippen LogP contribution is -1.79. The molecule has 0 heterocycles. The first-order valence-corrected chi connectivity index (χ1v) is 7.04. The van der Waals surface area contributed by atoms with E-state index in [1.807, 2.05) is 18.2 Å². The molecule has 0 unspecified atom stereocenters. The van der Waals surface area contributed by atoms with Gasteiger partial charge in [-0.25, -0.2) is 0 Å². The van der Waals surface area contributed by atoms with Gasteiger partial charge in [0.15, 0.2) is 0 Å². The van der Waals surface area contributed by atoms with Crippen molar-refractivity contribution in [3.05, 3.63) is 36.6 Å². The molecule has 1 nitrogen and oxygen atoms in total. The van der Waals surface area contributed by atoms with E-state index in [9.17, 15) is 0 Å². The molecule has 0 aliphatic carbocycles. The van der Waals surface area contributed by atoms with E-state index in [1.54, 1.807) is 6.08 Å². The third-order valence-electron chi connectivity index (χ3n) is 2.78. The van der Waals surface area contributed by atoms with E-state index in [4.69, 9.17) is 5.11 Å². The summed E-state index contributed by atoms with van der Waals surface area (Å²) in [6.45, 7) is 2.26. The lowest BCUT2D eigenvalue weighted by atomic mass is 10.1. The van der Waals surface area contributed by atoms with Gasteiger partial charge in [-0.3, -0.25) is 0 Å². The molecule has 0 aromatic rings. The van der Waals surface area contributed by atoms with E-state index in [0.717, 1.165) is 6.26 Å². The molecule has 0 amide bonds. The van der Waals surface area contributed by atoms with Crippen LogP contribution in [0.1, 0.15) is 64.7 Å². The van der Waals surface area contributed by atoms with Crippen LogP contribution >= 0.6 is 0 Å². The minimum atomic E-state index is 1.04. The third kappa shape index (κ3) is 15.0. The minimum Gasteiger partial charge on any atom is -0.516 e. The molecule has 0 fully saturated rings. The number of hydrogen-bond acceptors (Lipinski definition) is 1. The highest BCUT2D eigenvalue weighted by molar-refractivity contribution is 5.09. The highest BCUT2D eigenvalue weighted by Gasteiger charge is 1.89. The standard InChI is InChI=1S/C16H28O/c1-2-3-4-5-6-7-8-9-10-11-12-13-14-15-16-17/h11-17H,2-10H2,1H3/b12-11-,14-13-,16-15-. The molecule has 0 saturated heterocycles. The maximum Gasteiger partial charge on any atom is 0.0791 e. The van der Waals surface area contributed by atoms with Gasteiger partial charge >= 0.3 is 0 Å². The minimum absolute atomic E-state index is 1.04. The van der Waals surface area contributed by atoms with Crippen LogP contribution in [0.5, 0.6) is 0 Å². The van der Waals surface area contributed by atoms with Gasteiger partial charge in [-0.2, -0.15) is 0 Å². The molecule has 17 heavy (non-hydrogen) atoms. The largest absolute Gasteiger partial charge is 0.516 e. The average Bonchev–Trinajstić information content (AvgIpc) is 2.35. The monoisotopic (exact) mass is 236 g/mol. The topological polar surface area (TPSA) is 20.2 Å². The summed E-state index contributed by atoms with van der Waals surface area (Å²) in [7, 11) is 0. The lowest BCUT2D eigenvalue weighted by molar-refractivity contribution is 0.474. The Kier molecular flexibility index (Phi) is 14.2. The van der Waals surface area contributed by atoms with Gasteiger partial charge in [-0.15, -0.1) is 0 Å². The van der Waals surface area contributed by atoms with Crippen LogP contribution in [0.3, 0.4) is 0 Å². The molecule has 0 aliphatic rings. The second kappa shape index (κ2) is 15.0. The van der Waals surface area contributed by atoms with Crippen LogP contribution in [-0.2, 0) is 0 Å². The van der Waals surface area contributed by atoms with Gasteiger partial charge in [0.2, 0.25) is 0 Å². The van der Waals surface area contributed by atoms with Gasteiger partial charge in [0.05, 0.1) is 6.26 Å². The van der Waals surface area contributed by atoms with Gasteiger partial charge in [0.1, 0.15) is 0 Å². The van der Waals surface area contributed by atoms with E-state index in [1.165, 1.54) is 57.8 Å². The molecule has 0 aromatic heterocycles. The SMILES string of the molecule is CCCCCCCCCC\C=C/C=C\C=C/O. The maximum absolute atomic E-state index is 8.39. The van der Waals surface area contributed by atoms with Crippen LogP contribution in [0.2, 0.25) is 0 Å². The van der Waals surface area contributed by atoms with Crippen molar-refractivity contribution in [1.29, 1.82) is 0 Å². The Hall–Kier alpha value is -0.980. The Bertz CT molecular complexity index is 214. The Balaban J connectivity index is 3.12. The first-order valence-electron chi connectivity index (χ1n) is 7.04. The summed E-state index contributed by atoms with van der Waals surface area (Å²) in [6.07, 6.45) is 22.9. The lowest BCUT2D eigenvalue weighted by Gasteiger charge is -1.99. The predicted octanol–water partition coefficient (Wildman–Crippen LogP) is 5.70. The van der Waals surface area contributed by atoms with Crippen molar-refractivity contribution in [2.45, 2.75) is 64.7 Å². The Labute approximate surface area is 107 Å². The zero-order chi connectivity index (χ0) is 12.6. The molecular weight excluding hydrogens is 208 g/mol. The first-order chi connectivity index (χ1) is 8.41. The number of aliphatic hydroxyl groups is 1. The molecule has 0 saturated carbocycles. The summed E-state index contributed by atoms with van der Waals surface area (Å²) in [5.74, 6) is 0. The molecule has 0 atom stereocenters. The summed E-state index contributed by atoms with van der Waals surface area (Å²) < 4.78 is 0. The van der Waals surface area contributed by atoms with E-state index in [0.29, 0.717) is 0 Å². The normalized spacial score (nSPS) is 12.3. The van der Waals surface area contributed by atoms with Crippen LogP contribution in [-0.4, -0.2) is 5.11 Å². The summed E-state index contributed by atoms with van der Waals surface area (Å²) in [5, 5.41) is 8.39. The fraction of sp³-hybridized carbons (Fsp3) is 0.625. The highest BCUT2D eigenvalue weighted by atomic mass is 16.2. The Morgan fingerprint density at radius 1 is 0.706 bits per heavy atom. The van der Waals surface area contributed by atoms with Gasteiger partial charge in [-0.05, 0) is 18.9 Å². The molecule has 0 aromatic carbocycles. The first kappa shape index (κ1) is 16.0. The maximum atomic E-state index is 8.39. The van der Waals surface area contributed by atoms with Crippen molar-refractivity contribution in [2.75, 3.05) is 0 Å². The second-order valence-electron chi connectivity index (χ2n) is 4.42. The number of allylic oxidation sites excluding steroid dienone is 5. The van der Waals surface area contributed by atoms with Crippen molar-refractivity contribution >= 4 is 0 Å². The van der Waals surface area contributed by atoms with Crippen molar-refractivity contribution in [1.82, 2.24) is 0 Å². The molecule has 98 valence electrons. The summed E-state index contributed by atoms with van der Waals surface area (Å²) in [6, 6.07) is 0. The molecule has 1 heteroatoms. The Morgan fingerprint density at radius 3 is 1.94 bits per heavy atom. The fourth-order valence-corrected chi connectivity index (χ4v) is 1.75. The third-order valence-corrected chi connectivity index (χ3v) is 2.78.